The Morgan fingerprint density at radius 3 is 2.43 bits per heavy atom. The van der Waals surface area contributed by atoms with Gasteiger partial charge in [0.1, 0.15) is 5.75 Å². The maximum absolute atomic E-state index is 12.6. The maximum Gasteiger partial charge on any atom is 0.308 e. The van der Waals surface area contributed by atoms with Crippen LogP contribution in [-0.4, -0.2) is 48.7 Å². The van der Waals surface area contributed by atoms with Crippen LogP contribution in [0.2, 0.25) is 0 Å². The molecule has 148 valence electrons. The van der Waals surface area contributed by atoms with E-state index in [1.165, 1.54) is 12.0 Å². The molecule has 4 rings (SSSR count). The van der Waals surface area contributed by atoms with Gasteiger partial charge in [-0.1, -0.05) is 12.1 Å². The molecule has 3 aliphatic rings. The molecule has 0 unspecified atom stereocenters. The molecule has 1 aliphatic heterocycles. The standard InChI is InChI=1S/C21H23NO6/c1-27-15-4-2-3-12(10-15)16(23)11-28-17(24)7-8-22-20(25)18-13-5-6-14(9-13)19(18)21(22)26/h2-4,10,13-14,18-19H,5-9,11H2,1H3/t13-,14+,18-,19-/m0/s1. The second kappa shape index (κ2) is 7.37. The van der Waals surface area contributed by atoms with Crippen LogP contribution in [0.5, 0.6) is 5.75 Å². The number of hydrogen-bond acceptors (Lipinski definition) is 6. The van der Waals surface area contributed by atoms with E-state index in [2.05, 4.69) is 0 Å². The fourth-order valence-corrected chi connectivity index (χ4v) is 4.99. The van der Waals surface area contributed by atoms with Gasteiger partial charge in [0.2, 0.25) is 11.8 Å². The highest BCUT2D eigenvalue weighted by atomic mass is 16.5. The summed E-state index contributed by atoms with van der Waals surface area (Å²) < 4.78 is 10.1. The van der Waals surface area contributed by atoms with Crippen LogP contribution in [0, 0.1) is 23.7 Å². The molecule has 0 radical (unpaired) electrons. The number of Topliss-reactive ketones (excluding diaryl/α,β-unsaturated/α-hetero) is 1. The van der Waals surface area contributed by atoms with Crippen molar-refractivity contribution >= 4 is 23.6 Å². The van der Waals surface area contributed by atoms with Crippen LogP contribution in [0.4, 0.5) is 0 Å². The van der Waals surface area contributed by atoms with Gasteiger partial charge in [-0.05, 0) is 43.2 Å². The van der Waals surface area contributed by atoms with Gasteiger partial charge in [0, 0.05) is 12.1 Å². The van der Waals surface area contributed by atoms with Crippen LogP contribution < -0.4 is 4.74 Å². The summed E-state index contributed by atoms with van der Waals surface area (Å²) in [6, 6.07) is 6.59. The summed E-state index contributed by atoms with van der Waals surface area (Å²) in [5.41, 5.74) is 0.389. The molecule has 0 N–H and O–H groups in total. The first kappa shape index (κ1) is 18.7. The lowest BCUT2D eigenvalue weighted by molar-refractivity contribution is -0.145. The molecular weight excluding hydrogens is 362 g/mol. The van der Waals surface area contributed by atoms with Gasteiger partial charge in [-0.25, -0.2) is 0 Å². The predicted octanol–water partition coefficient (Wildman–Crippen LogP) is 1.84. The third-order valence-electron chi connectivity index (χ3n) is 6.31. The number of likely N-dealkylation sites (tertiary alicyclic amines) is 1. The maximum atomic E-state index is 12.6. The van der Waals surface area contributed by atoms with Crippen molar-refractivity contribution in [2.75, 3.05) is 20.3 Å². The minimum atomic E-state index is -0.600. The van der Waals surface area contributed by atoms with E-state index in [1.54, 1.807) is 24.3 Å². The lowest BCUT2D eigenvalue weighted by Crippen LogP contribution is -2.35. The number of carbonyl (C=O) groups is 4. The van der Waals surface area contributed by atoms with Crippen LogP contribution in [0.15, 0.2) is 24.3 Å². The molecule has 7 nitrogen and oxygen atoms in total. The Morgan fingerprint density at radius 1 is 1.11 bits per heavy atom. The first-order valence-electron chi connectivity index (χ1n) is 9.67. The second-order valence-corrected chi connectivity index (χ2v) is 7.78. The van der Waals surface area contributed by atoms with Crippen molar-refractivity contribution in [3.8, 4) is 5.75 Å². The second-order valence-electron chi connectivity index (χ2n) is 7.78. The van der Waals surface area contributed by atoms with Gasteiger partial charge >= 0.3 is 5.97 Å². The Kier molecular flexibility index (Phi) is 4.91. The smallest absolute Gasteiger partial charge is 0.308 e. The Balaban J connectivity index is 1.27. The van der Waals surface area contributed by atoms with Crippen molar-refractivity contribution in [1.29, 1.82) is 0 Å². The van der Waals surface area contributed by atoms with E-state index in [9.17, 15) is 19.2 Å². The summed E-state index contributed by atoms with van der Waals surface area (Å²) in [4.78, 5) is 50.6. The number of rotatable bonds is 7. The van der Waals surface area contributed by atoms with Crippen molar-refractivity contribution in [2.45, 2.75) is 25.7 Å². The molecular formula is C21H23NO6. The molecule has 0 spiro atoms. The molecule has 1 aromatic carbocycles. The van der Waals surface area contributed by atoms with E-state index >= 15 is 0 Å². The van der Waals surface area contributed by atoms with Crippen molar-refractivity contribution in [1.82, 2.24) is 4.90 Å². The van der Waals surface area contributed by atoms with E-state index in [-0.39, 0.29) is 49.0 Å². The van der Waals surface area contributed by atoms with E-state index in [1.807, 2.05) is 0 Å². The quantitative estimate of drug-likeness (QED) is 0.404. The molecule has 0 aromatic heterocycles. The van der Waals surface area contributed by atoms with Gasteiger partial charge in [-0.2, -0.15) is 0 Å². The number of carbonyl (C=O) groups excluding carboxylic acids is 4. The number of amides is 2. The van der Waals surface area contributed by atoms with Gasteiger partial charge in [-0.3, -0.25) is 24.1 Å². The fourth-order valence-electron chi connectivity index (χ4n) is 4.99. The zero-order chi connectivity index (χ0) is 19.8. The van der Waals surface area contributed by atoms with Gasteiger partial charge in [0.25, 0.3) is 0 Å². The monoisotopic (exact) mass is 385 g/mol. The highest BCUT2D eigenvalue weighted by Crippen LogP contribution is 2.56. The first-order chi connectivity index (χ1) is 13.5. The minimum absolute atomic E-state index is 0.0241. The summed E-state index contributed by atoms with van der Waals surface area (Å²) in [7, 11) is 1.50. The summed E-state index contributed by atoms with van der Waals surface area (Å²) in [6.45, 7) is -0.362. The van der Waals surface area contributed by atoms with E-state index in [0.717, 1.165) is 19.3 Å². The summed E-state index contributed by atoms with van der Waals surface area (Å²) in [5.74, 6) is -0.391. The summed E-state index contributed by atoms with van der Waals surface area (Å²) in [5, 5.41) is 0. The predicted molar refractivity (Wildman–Crippen MR) is 97.4 cm³/mol. The third kappa shape index (κ3) is 3.19. The Morgan fingerprint density at radius 2 is 1.79 bits per heavy atom. The van der Waals surface area contributed by atoms with Crippen molar-refractivity contribution < 1.29 is 28.7 Å². The summed E-state index contributed by atoms with van der Waals surface area (Å²) in [6.07, 6.45) is 2.92. The molecule has 1 aromatic rings. The number of imide groups is 1. The third-order valence-corrected chi connectivity index (χ3v) is 6.31. The highest BCUT2D eigenvalue weighted by molar-refractivity contribution is 6.06. The lowest BCUT2D eigenvalue weighted by Gasteiger charge is -2.19. The highest BCUT2D eigenvalue weighted by Gasteiger charge is 2.60. The van der Waals surface area contributed by atoms with Crippen LogP contribution in [-0.2, 0) is 19.1 Å². The van der Waals surface area contributed by atoms with Crippen LogP contribution >= 0.6 is 0 Å². The number of hydrogen-bond donors (Lipinski definition) is 0. The van der Waals surface area contributed by atoms with E-state index < -0.39 is 5.97 Å². The summed E-state index contributed by atoms with van der Waals surface area (Å²) >= 11 is 0. The molecule has 2 saturated carbocycles. The SMILES string of the molecule is COc1cccc(C(=O)COC(=O)CCN2C(=O)[C@H]3[C@@H]4CC[C@@H](C4)[C@@H]3C2=O)c1. The Bertz CT molecular complexity index is 806. The van der Waals surface area contributed by atoms with Crippen LogP contribution in [0.1, 0.15) is 36.0 Å². The molecule has 2 amide bonds. The lowest BCUT2D eigenvalue weighted by atomic mass is 9.81. The number of nitrogens with zero attached hydrogens (tertiary/aromatic N) is 1. The number of methoxy groups -OCH3 is 1. The zero-order valence-corrected chi connectivity index (χ0v) is 15.8. The molecule has 7 heteroatoms. The average Bonchev–Trinajstić information content (AvgIpc) is 3.39. The van der Waals surface area contributed by atoms with Crippen molar-refractivity contribution in [2.24, 2.45) is 23.7 Å². The number of ketones is 1. The first-order valence-corrected chi connectivity index (χ1v) is 9.67. The molecule has 2 bridgehead atoms. The van der Waals surface area contributed by atoms with Crippen LogP contribution in [0.3, 0.4) is 0 Å². The largest absolute Gasteiger partial charge is 0.497 e. The van der Waals surface area contributed by atoms with Gasteiger partial charge < -0.3 is 9.47 Å². The van der Waals surface area contributed by atoms with E-state index in [0.29, 0.717) is 23.1 Å². The van der Waals surface area contributed by atoms with Gasteiger partial charge in [-0.15, -0.1) is 0 Å². The topological polar surface area (TPSA) is 90.0 Å². The normalized spacial score (nSPS) is 27.8. The average molecular weight is 385 g/mol. The number of esters is 1. The fraction of sp³-hybridized carbons (Fsp3) is 0.524. The number of benzene rings is 1. The minimum Gasteiger partial charge on any atom is -0.497 e. The molecule has 1 saturated heterocycles. The van der Waals surface area contributed by atoms with Crippen molar-refractivity contribution in [3.05, 3.63) is 29.8 Å². The molecule has 28 heavy (non-hydrogen) atoms. The van der Waals surface area contributed by atoms with Crippen LogP contribution in [0.25, 0.3) is 0 Å². The molecule has 3 fully saturated rings. The Labute approximate surface area is 163 Å². The van der Waals surface area contributed by atoms with E-state index in [4.69, 9.17) is 9.47 Å². The zero-order valence-electron chi connectivity index (χ0n) is 15.8. The molecule has 4 atom stereocenters. The Hall–Kier alpha value is -2.70. The van der Waals surface area contributed by atoms with Gasteiger partial charge in [0.05, 0.1) is 25.4 Å². The van der Waals surface area contributed by atoms with Gasteiger partial charge in [0.15, 0.2) is 12.4 Å². The van der Waals surface area contributed by atoms with Crippen molar-refractivity contribution in [3.63, 3.8) is 0 Å². The number of fused-ring (bicyclic) bond motifs is 5. The molecule has 2 aliphatic carbocycles. The number of ether oxygens (including phenoxy) is 2. The molecule has 1 heterocycles.